The van der Waals surface area contributed by atoms with Crippen molar-refractivity contribution in [3.05, 3.63) is 23.8 Å². The Balaban J connectivity index is 2.17. The minimum Gasteiger partial charge on any atom is -0.495 e. The summed E-state index contributed by atoms with van der Waals surface area (Å²) in [6.07, 6.45) is 0.967. The van der Waals surface area contributed by atoms with E-state index in [9.17, 15) is 4.79 Å². The fourth-order valence-corrected chi connectivity index (χ4v) is 2.07. The standard InChI is InChI=1S/C14H17N3O3/c1-19-12-8-10(9-15)2-3-11(12)17-13(18)14(16)4-6-20-7-5-14/h2-3,8H,4-7,16H2,1H3,(H,17,18). The van der Waals surface area contributed by atoms with Gasteiger partial charge in [0.2, 0.25) is 5.91 Å². The number of nitrogens with one attached hydrogen (secondary N) is 1. The second-order valence-electron chi connectivity index (χ2n) is 4.75. The Labute approximate surface area is 117 Å². The molecule has 1 saturated heterocycles. The molecule has 0 unspecified atom stereocenters. The fourth-order valence-electron chi connectivity index (χ4n) is 2.07. The molecule has 1 aliphatic heterocycles. The Morgan fingerprint density at radius 3 is 2.80 bits per heavy atom. The van der Waals surface area contributed by atoms with Gasteiger partial charge in [-0.25, -0.2) is 0 Å². The number of rotatable bonds is 3. The van der Waals surface area contributed by atoms with Crippen LogP contribution in [0.2, 0.25) is 0 Å². The third-order valence-electron chi connectivity index (χ3n) is 3.42. The predicted octanol–water partition coefficient (Wildman–Crippen LogP) is 1.01. The molecule has 1 aromatic carbocycles. The lowest BCUT2D eigenvalue weighted by Gasteiger charge is -2.31. The van der Waals surface area contributed by atoms with Crippen molar-refractivity contribution in [2.75, 3.05) is 25.6 Å². The van der Waals surface area contributed by atoms with Crippen molar-refractivity contribution < 1.29 is 14.3 Å². The molecule has 1 amide bonds. The molecule has 0 radical (unpaired) electrons. The highest BCUT2D eigenvalue weighted by Crippen LogP contribution is 2.27. The van der Waals surface area contributed by atoms with Crippen LogP contribution in [0.1, 0.15) is 18.4 Å². The normalized spacial score (nSPS) is 17.1. The Bertz CT molecular complexity index is 545. The molecule has 106 valence electrons. The first-order valence-electron chi connectivity index (χ1n) is 6.35. The van der Waals surface area contributed by atoms with Gasteiger partial charge in [-0.15, -0.1) is 0 Å². The van der Waals surface area contributed by atoms with E-state index < -0.39 is 5.54 Å². The van der Waals surface area contributed by atoms with Gasteiger partial charge in [0.25, 0.3) is 0 Å². The average molecular weight is 275 g/mol. The Morgan fingerprint density at radius 2 is 2.20 bits per heavy atom. The van der Waals surface area contributed by atoms with E-state index in [0.29, 0.717) is 43.1 Å². The van der Waals surface area contributed by atoms with Gasteiger partial charge in [-0.3, -0.25) is 4.79 Å². The molecule has 0 aliphatic carbocycles. The topological polar surface area (TPSA) is 97.4 Å². The second-order valence-corrected chi connectivity index (χ2v) is 4.75. The first-order chi connectivity index (χ1) is 9.59. The van der Waals surface area contributed by atoms with Gasteiger partial charge in [0, 0.05) is 19.3 Å². The second kappa shape index (κ2) is 5.90. The molecule has 1 fully saturated rings. The molecule has 1 heterocycles. The van der Waals surface area contributed by atoms with Crippen molar-refractivity contribution in [2.45, 2.75) is 18.4 Å². The summed E-state index contributed by atoms with van der Waals surface area (Å²) in [5.74, 6) is 0.178. The number of anilines is 1. The zero-order valence-electron chi connectivity index (χ0n) is 11.3. The summed E-state index contributed by atoms with van der Waals surface area (Å²) in [5.41, 5.74) is 6.17. The van der Waals surface area contributed by atoms with Gasteiger partial charge < -0.3 is 20.5 Å². The number of hydrogen-bond donors (Lipinski definition) is 2. The van der Waals surface area contributed by atoms with Gasteiger partial charge in [-0.05, 0) is 25.0 Å². The van der Waals surface area contributed by atoms with E-state index in [4.69, 9.17) is 20.5 Å². The Hall–Kier alpha value is -2.10. The SMILES string of the molecule is COc1cc(C#N)ccc1NC(=O)C1(N)CCOCC1. The number of nitriles is 1. The van der Waals surface area contributed by atoms with Gasteiger partial charge in [0.15, 0.2) is 0 Å². The van der Waals surface area contributed by atoms with Crippen LogP contribution < -0.4 is 15.8 Å². The molecule has 0 aromatic heterocycles. The molecule has 0 atom stereocenters. The van der Waals surface area contributed by atoms with Crippen molar-refractivity contribution in [3.63, 3.8) is 0 Å². The first-order valence-corrected chi connectivity index (χ1v) is 6.35. The number of ether oxygens (including phenoxy) is 2. The van der Waals surface area contributed by atoms with Crippen LogP contribution in [-0.2, 0) is 9.53 Å². The summed E-state index contributed by atoms with van der Waals surface area (Å²) >= 11 is 0. The summed E-state index contributed by atoms with van der Waals surface area (Å²) in [6.45, 7) is 0.961. The van der Waals surface area contributed by atoms with Gasteiger partial charge in [0.1, 0.15) is 11.3 Å². The summed E-state index contributed by atoms with van der Waals surface area (Å²) in [6, 6.07) is 6.84. The van der Waals surface area contributed by atoms with Crippen LogP contribution in [0, 0.1) is 11.3 Å². The Kier molecular flexibility index (Phi) is 4.23. The van der Waals surface area contributed by atoms with Gasteiger partial charge in [-0.1, -0.05) is 0 Å². The van der Waals surface area contributed by atoms with Crippen molar-refractivity contribution in [2.24, 2.45) is 5.73 Å². The van der Waals surface area contributed by atoms with Crippen molar-refractivity contribution >= 4 is 11.6 Å². The van der Waals surface area contributed by atoms with E-state index in [2.05, 4.69) is 5.32 Å². The highest BCUT2D eigenvalue weighted by atomic mass is 16.5. The van der Waals surface area contributed by atoms with Crippen LogP contribution >= 0.6 is 0 Å². The largest absolute Gasteiger partial charge is 0.495 e. The lowest BCUT2D eigenvalue weighted by Crippen LogP contribution is -2.54. The van der Waals surface area contributed by atoms with E-state index >= 15 is 0 Å². The van der Waals surface area contributed by atoms with E-state index in [-0.39, 0.29) is 5.91 Å². The zero-order chi connectivity index (χ0) is 14.6. The van der Waals surface area contributed by atoms with Gasteiger partial charge in [0.05, 0.1) is 24.4 Å². The van der Waals surface area contributed by atoms with Crippen molar-refractivity contribution in [3.8, 4) is 11.8 Å². The summed E-state index contributed by atoms with van der Waals surface area (Å²) in [4.78, 5) is 12.3. The number of carbonyl (C=O) groups excluding carboxylic acids is 1. The predicted molar refractivity (Wildman–Crippen MR) is 73.3 cm³/mol. The third-order valence-corrected chi connectivity index (χ3v) is 3.42. The van der Waals surface area contributed by atoms with Crippen LogP contribution in [-0.4, -0.2) is 31.8 Å². The molecule has 20 heavy (non-hydrogen) atoms. The quantitative estimate of drug-likeness (QED) is 0.858. The van der Waals surface area contributed by atoms with Crippen LogP contribution in [0.25, 0.3) is 0 Å². The number of benzene rings is 1. The minimum atomic E-state index is -0.919. The summed E-state index contributed by atoms with van der Waals surface area (Å²) in [7, 11) is 1.48. The number of nitrogens with two attached hydrogens (primary N) is 1. The molecule has 6 nitrogen and oxygen atoms in total. The van der Waals surface area contributed by atoms with Crippen LogP contribution in [0.15, 0.2) is 18.2 Å². The van der Waals surface area contributed by atoms with Crippen molar-refractivity contribution in [1.82, 2.24) is 0 Å². The maximum absolute atomic E-state index is 12.3. The van der Waals surface area contributed by atoms with E-state index in [1.54, 1.807) is 18.2 Å². The number of amides is 1. The Morgan fingerprint density at radius 1 is 1.50 bits per heavy atom. The number of hydrogen-bond acceptors (Lipinski definition) is 5. The van der Waals surface area contributed by atoms with E-state index in [1.165, 1.54) is 7.11 Å². The monoisotopic (exact) mass is 275 g/mol. The maximum atomic E-state index is 12.3. The summed E-state index contributed by atoms with van der Waals surface area (Å²) < 4.78 is 10.4. The number of nitrogens with zero attached hydrogens (tertiary/aromatic N) is 1. The molecule has 1 aliphatic rings. The zero-order valence-corrected chi connectivity index (χ0v) is 11.3. The molecule has 0 bridgehead atoms. The number of carbonyl (C=O) groups is 1. The minimum absolute atomic E-state index is 0.260. The van der Waals surface area contributed by atoms with Crippen molar-refractivity contribution in [1.29, 1.82) is 5.26 Å². The first kappa shape index (κ1) is 14.3. The van der Waals surface area contributed by atoms with E-state index in [0.717, 1.165) is 0 Å². The lowest BCUT2D eigenvalue weighted by atomic mass is 9.90. The fraction of sp³-hybridized carbons (Fsp3) is 0.429. The average Bonchev–Trinajstić information content (AvgIpc) is 2.48. The molecule has 3 N–H and O–H groups in total. The lowest BCUT2D eigenvalue weighted by molar-refractivity contribution is -0.124. The van der Waals surface area contributed by atoms with E-state index in [1.807, 2.05) is 6.07 Å². The molecule has 6 heteroatoms. The van der Waals surface area contributed by atoms with Crippen LogP contribution in [0.5, 0.6) is 5.75 Å². The molecule has 0 spiro atoms. The highest BCUT2D eigenvalue weighted by Gasteiger charge is 2.36. The molecular weight excluding hydrogens is 258 g/mol. The molecule has 2 rings (SSSR count). The smallest absolute Gasteiger partial charge is 0.244 e. The molecule has 1 aromatic rings. The third kappa shape index (κ3) is 2.90. The number of methoxy groups -OCH3 is 1. The van der Waals surface area contributed by atoms with Crippen LogP contribution in [0.4, 0.5) is 5.69 Å². The highest BCUT2D eigenvalue weighted by molar-refractivity contribution is 5.99. The van der Waals surface area contributed by atoms with Gasteiger partial charge in [-0.2, -0.15) is 5.26 Å². The summed E-state index contributed by atoms with van der Waals surface area (Å²) in [5, 5.41) is 11.6. The maximum Gasteiger partial charge on any atom is 0.244 e. The molecule has 0 saturated carbocycles. The van der Waals surface area contributed by atoms with Gasteiger partial charge >= 0.3 is 0 Å². The molecular formula is C14H17N3O3. The van der Waals surface area contributed by atoms with Crippen LogP contribution in [0.3, 0.4) is 0 Å².